The van der Waals surface area contributed by atoms with Crippen molar-refractivity contribution in [2.75, 3.05) is 33.4 Å². The van der Waals surface area contributed by atoms with Gasteiger partial charge in [0.25, 0.3) is 0 Å². The van der Waals surface area contributed by atoms with Crippen molar-refractivity contribution >= 4 is 0 Å². The topological polar surface area (TPSA) is 32.7 Å². The average Bonchev–Trinajstić information content (AvgIpc) is 2.37. The third-order valence-corrected chi connectivity index (χ3v) is 1.98. The molecule has 0 aromatic rings. The molecule has 1 heterocycles. The maximum Gasteiger partial charge on any atom is 0.0710 e. The summed E-state index contributed by atoms with van der Waals surface area (Å²) in [5.74, 6) is 0. The van der Waals surface area contributed by atoms with Crippen LogP contribution in [-0.2, 0) is 4.74 Å². The van der Waals surface area contributed by atoms with E-state index in [-0.39, 0.29) is 6.61 Å². The van der Waals surface area contributed by atoms with E-state index < -0.39 is 0 Å². The summed E-state index contributed by atoms with van der Waals surface area (Å²) in [6, 6.07) is 0. The predicted octanol–water partition coefficient (Wildman–Crippen LogP) is -0.301. The number of ether oxygens (including phenoxy) is 1. The summed E-state index contributed by atoms with van der Waals surface area (Å²) in [5.41, 5.74) is 0. The molecule has 0 spiro atoms. The van der Waals surface area contributed by atoms with Gasteiger partial charge >= 0.3 is 0 Å². The fourth-order valence-corrected chi connectivity index (χ4v) is 1.33. The highest BCUT2D eigenvalue weighted by Gasteiger charge is 2.20. The molecule has 1 N–H and O–H groups in total. The number of hydrogen-bond donors (Lipinski definition) is 1. The molecule has 0 aliphatic carbocycles. The molecule has 60 valence electrons. The van der Waals surface area contributed by atoms with Crippen LogP contribution in [-0.4, -0.2) is 49.5 Å². The molecule has 1 atom stereocenters. The third kappa shape index (κ3) is 1.94. The minimum Gasteiger partial charge on any atom is -0.395 e. The van der Waals surface area contributed by atoms with Crippen molar-refractivity contribution in [2.24, 2.45) is 0 Å². The number of rotatable bonds is 3. The predicted molar refractivity (Wildman–Crippen MR) is 38.9 cm³/mol. The summed E-state index contributed by atoms with van der Waals surface area (Å²) < 4.78 is 5.16. The number of methoxy groups -OCH3 is 1. The van der Waals surface area contributed by atoms with E-state index in [1.165, 1.54) is 0 Å². The maximum absolute atomic E-state index is 8.60. The number of β-amino-alcohol motifs (C(OH)–C–C–N with tert-alkyl or cyclic N) is 1. The van der Waals surface area contributed by atoms with Gasteiger partial charge in [-0.3, -0.25) is 4.90 Å². The lowest BCUT2D eigenvalue weighted by atomic mass is 10.3. The molecule has 3 nitrogen and oxygen atoms in total. The Balaban J connectivity index is 2.15. The molecule has 0 unspecified atom stereocenters. The number of hydrogen-bond acceptors (Lipinski definition) is 3. The van der Waals surface area contributed by atoms with Gasteiger partial charge in [-0.15, -0.1) is 0 Å². The average molecular weight is 145 g/mol. The van der Waals surface area contributed by atoms with Gasteiger partial charge in [-0.2, -0.15) is 0 Å². The van der Waals surface area contributed by atoms with Gasteiger partial charge in [0.2, 0.25) is 0 Å². The van der Waals surface area contributed by atoms with Crippen LogP contribution in [0.15, 0.2) is 0 Å². The van der Waals surface area contributed by atoms with Gasteiger partial charge in [0, 0.05) is 26.7 Å². The Bertz CT molecular complexity index is 97.6. The first kappa shape index (κ1) is 7.98. The summed E-state index contributed by atoms with van der Waals surface area (Å²) in [7, 11) is 1.74. The van der Waals surface area contributed by atoms with Crippen molar-refractivity contribution in [2.45, 2.75) is 12.5 Å². The quantitative estimate of drug-likeness (QED) is 0.592. The fraction of sp³-hybridized carbons (Fsp3) is 1.00. The van der Waals surface area contributed by atoms with Gasteiger partial charge in [-0.05, 0) is 6.42 Å². The molecule has 1 rings (SSSR count). The van der Waals surface area contributed by atoms with E-state index in [2.05, 4.69) is 4.90 Å². The lowest BCUT2D eigenvalue weighted by Crippen LogP contribution is -2.25. The highest BCUT2D eigenvalue weighted by molar-refractivity contribution is 4.74. The van der Waals surface area contributed by atoms with Crippen molar-refractivity contribution in [3.05, 3.63) is 0 Å². The molecule has 1 saturated heterocycles. The molecular formula is C7H15NO2. The van der Waals surface area contributed by atoms with Crippen LogP contribution in [0.2, 0.25) is 0 Å². The van der Waals surface area contributed by atoms with Crippen molar-refractivity contribution in [1.29, 1.82) is 0 Å². The summed E-state index contributed by atoms with van der Waals surface area (Å²) in [6.07, 6.45) is 1.50. The van der Waals surface area contributed by atoms with E-state index in [1.54, 1.807) is 7.11 Å². The molecular weight excluding hydrogens is 130 g/mol. The summed E-state index contributed by atoms with van der Waals surface area (Å²) in [6.45, 7) is 3.10. The standard InChI is InChI=1S/C7H15NO2/c1-10-7-2-3-8(6-7)4-5-9/h7,9H,2-6H2,1H3/t7-/m1/s1. The van der Waals surface area contributed by atoms with Crippen LogP contribution >= 0.6 is 0 Å². The van der Waals surface area contributed by atoms with Crippen LogP contribution in [0.4, 0.5) is 0 Å². The number of nitrogens with zero attached hydrogens (tertiary/aromatic N) is 1. The molecule has 1 fully saturated rings. The normalized spacial score (nSPS) is 27.6. The van der Waals surface area contributed by atoms with E-state index >= 15 is 0 Å². The zero-order valence-electron chi connectivity index (χ0n) is 6.42. The van der Waals surface area contributed by atoms with E-state index in [0.29, 0.717) is 6.10 Å². The first-order valence-electron chi connectivity index (χ1n) is 3.73. The molecule has 0 aromatic heterocycles. The lowest BCUT2D eigenvalue weighted by Gasteiger charge is -2.12. The maximum atomic E-state index is 8.60. The molecule has 0 amide bonds. The Morgan fingerprint density at radius 3 is 3.00 bits per heavy atom. The summed E-state index contributed by atoms with van der Waals surface area (Å²) in [4.78, 5) is 2.22. The van der Waals surface area contributed by atoms with E-state index in [4.69, 9.17) is 9.84 Å². The van der Waals surface area contributed by atoms with Gasteiger partial charge in [0.1, 0.15) is 0 Å². The molecule has 0 aromatic carbocycles. The molecule has 10 heavy (non-hydrogen) atoms. The van der Waals surface area contributed by atoms with Crippen molar-refractivity contribution < 1.29 is 9.84 Å². The van der Waals surface area contributed by atoms with Crippen LogP contribution < -0.4 is 0 Å². The molecule has 0 saturated carbocycles. The number of likely N-dealkylation sites (tertiary alicyclic amines) is 1. The Hall–Kier alpha value is -0.120. The van der Waals surface area contributed by atoms with Gasteiger partial charge in [0.15, 0.2) is 0 Å². The lowest BCUT2D eigenvalue weighted by molar-refractivity contribution is 0.105. The zero-order chi connectivity index (χ0) is 7.40. The van der Waals surface area contributed by atoms with Gasteiger partial charge < -0.3 is 9.84 Å². The smallest absolute Gasteiger partial charge is 0.0710 e. The van der Waals surface area contributed by atoms with Crippen LogP contribution in [0.3, 0.4) is 0 Å². The fourth-order valence-electron chi connectivity index (χ4n) is 1.33. The number of aliphatic hydroxyl groups is 1. The van der Waals surface area contributed by atoms with E-state index in [0.717, 1.165) is 26.1 Å². The van der Waals surface area contributed by atoms with Gasteiger partial charge in [-0.1, -0.05) is 0 Å². The first-order chi connectivity index (χ1) is 4.86. The summed E-state index contributed by atoms with van der Waals surface area (Å²) >= 11 is 0. The largest absolute Gasteiger partial charge is 0.395 e. The van der Waals surface area contributed by atoms with Gasteiger partial charge in [-0.25, -0.2) is 0 Å². The van der Waals surface area contributed by atoms with E-state index in [9.17, 15) is 0 Å². The minimum absolute atomic E-state index is 0.260. The Labute approximate surface area is 61.6 Å². The molecule has 0 radical (unpaired) electrons. The highest BCUT2D eigenvalue weighted by Crippen LogP contribution is 2.10. The Kier molecular flexibility index (Phi) is 3.12. The second-order valence-electron chi connectivity index (χ2n) is 2.67. The first-order valence-corrected chi connectivity index (χ1v) is 3.73. The minimum atomic E-state index is 0.260. The van der Waals surface area contributed by atoms with Crippen LogP contribution in [0.5, 0.6) is 0 Å². The number of aliphatic hydroxyl groups excluding tert-OH is 1. The van der Waals surface area contributed by atoms with Gasteiger partial charge in [0.05, 0.1) is 12.7 Å². The second kappa shape index (κ2) is 3.91. The Morgan fingerprint density at radius 2 is 2.50 bits per heavy atom. The SMILES string of the molecule is CO[C@@H]1CCN(CCO)C1. The second-order valence-corrected chi connectivity index (χ2v) is 2.67. The Morgan fingerprint density at radius 1 is 1.70 bits per heavy atom. The van der Waals surface area contributed by atoms with E-state index in [1.807, 2.05) is 0 Å². The van der Waals surface area contributed by atoms with Crippen molar-refractivity contribution in [1.82, 2.24) is 4.90 Å². The van der Waals surface area contributed by atoms with Crippen molar-refractivity contribution in [3.63, 3.8) is 0 Å². The monoisotopic (exact) mass is 145 g/mol. The molecule has 1 aliphatic heterocycles. The molecule has 1 aliphatic rings. The molecule has 3 heteroatoms. The van der Waals surface area contributed by atoms with Crippen LogP contribution in [0.25, 0.3) is 0 Å². The van der Waals surface area contributed by atoms with Crippen LogP contribution in [0, 0.1) is 0 Å². The zero-order valence-corrected chi connectivity index (χ0v) is 6.42. The van der Waals surface area contributed by atoms with Crippen LogP contribution in [0.1, 0.15) is 6.42 Å². The summed E-state index contributed by atoms with van der Waals surface area (Å²) in [5, 5.41) is 8.60. The highest BCUT2D eigenvalue weighted by atomic mass is 16.5. The van der Waals surface area contributed by atoms with Crippen molar-refractivity contribution in [3.8, 4) is 0 Å². The molecule has 0 bridgehead atoms. The third-order valence-electron chi connectivity index (χ3n) is 1.98.